The third-order valence-corrected chi connectivity index (χ3v) is 5.21. The van der Waals surface area contributed by atoms with Gasteiger partial charge in [-0.3, -0.25) is 15.5 Å². The number of nitro groups is 1. The quantitative estimate of drug-likeness (QED) is 0.351. The van der Waals surface area contributed by atoms with E-state index < -0.39 is 21.1 Å². The number of nitro benzene ring substituents is 1. The lowest BCUT2D eigenvalue weighted by Gasteiger charge is -2.21. The van der Waals surface area contributed by atoms with Crippen LogP contribution in [0.5, 0.6) is 0 Å². The topological polar surface area (TPSA) is 180 Å². The van der Waals surface area contributed by atoms with Crippen LogP contribution >= 0.6 is 0 Å². The molecule has 2 rings (SSSR count). The molecule has 3 unspecified atom stereocenters. The summed E-state index contributed by atoms with van der Waals surface area (Å²) < 4.78 is 22.8. The van der Waals surface area contributed by atoms with Crippen LogP contribution in [0.3, 0.4) is 0 Å². The summed E-state index contributed by atoms with van der Waals surface area (Å²) in [6.45, 7) is 0.473. The molecule has 3 atom stereocenters. The molecule has 142 valence electrons. The number of hydrogen-bond acceptors (Lipinski definition) is 9. The van der Waals surface area contributed by atoms with E-state index in [-0.39, 0.29) is 28.2 Å². The molecule has 0 aliphatic carbocycles. The number of hydrogen-bond donors (Lipinski definition) is 4. The Bertz CT molecular complexity index is 823. The summed E-state index contributed by atoms with van der Waals surface area (Å²) in [7, 11) is -2.35. The number of nitrogens with zero attached hydrogens (tertiary/aromatic N) is 3. The van der Waals surface area contributed by atoms with Crippen molar-refractivity contribution < 1.29 is 13.3 Å². The fourth-order valence-electron chi connectivity index (χ4n) is 2.87. The predicted octanol–water partition coefficient (Wildman–Crippen LogP) is -0.640. The zero-order valence-corrected chi connectivity index (χ0v) is 14.9. The average molecular weight is 383 g/mol. The molecule has 0 spiro atoms. The van der Waals surface area contributed by atoms with Crippen molar-refractivity contribution in [3.8, 4) is 6.07 Å². The maximum atomic E-state index is 11.4. The van der Waals surface area contributed by atoms with Crippen LogP contribution in [0.25, 0.3) is 0 Å². The van der Waals surface area contributed by atoms with Gasteiger partial charge in [0.15, 0.2) is 0 Å². The Morgan fingerprint density at radius 1 is 1.42 bits per heavy atom. The SMILES string of the molecule is CN(CCCC1NNC(N)C1C#N)c1ccc(S(N)(=O)=O)cc1[N+](=O)[O-]. The molecule has 0 bridgehead atoms. The van der Waals surface area contributed by atoms with E-state index in [0.717, 1.165) is 6.07 Å². The van der Waals surface area contributed by atoms with Crippen LogP contribution in [0.4, 0.5) is 11.4 Å². The lowest BCUT2D eigenvalue weighted by Crippen LogP contribution is -2.38. The van der Waals surface area contributed by atoms with Crippen molar-refractivity contribution >= 4 is 21.4 Å². The summed E-state index contributed by atoms with van der Waals surface area (Å²) in [4.78, 5) is 12.0. The molecule has 0 saturated carbocycles. The Morgan fingerprint density at radius 3 is 2.69 bits per heavy atom. The van der Waals surface area contributed by atoms with Crippen LogP contribution < -0.4 is 26.6 Å². The number of rotatable bonds is 7. The molecule has 6 N–H and O–H groups in total. The molecular formula is C14H21N7O4S. The van der Waals surface area contributed by atoms with E-state index in [1.54, 1.807) is 11.9 Å². The second kappa shape index (κ2) is 7.94. The van der Waals surface area contributed by atoms with Gasteiger partial charge >= 0.3 is 0 Å². The van der Waals surface area contributed by atoms with E-state index in [0.29, 0.717) is 19.4 Å². The lowest BCUT2D eigenvalue weighted by molar-refractivity contribution is -0.384. The molecule has 12 heteroatoms. The zero-order chi connectivity index (χ0) is 19.5. The molecule has 1 aliphatic rings. The van der Waals surface area contributed by atoms with Crippen LogP contribution in [-0.4, -0.2) is 39.1 Å². The summed E-state index contributed by atoms with van der Waals surface area (Å²) in [5, 5.41) is 25.4. The summed E-state index contributed by atoms with van der Waals surface area (Å²) >= 11 is 0. The zero-order valence-electron chi connectivity index (χ0n) is 14.1. The smallest absolute Gasteiger partial charge is 0.293 e. The highest BCUT2D eigenvalue weighted by Gasteiger charge is 2.33. The Kier molecular flexibility index (Phi) is 6.11. The second-order valence-corrected chi connectivity index (χ2v) is 7.65. The largest absolute Gasteiger partial charge is 0.369 e. The van der Waals surface area contributed by atoms with Crippen LogP contribution in [0, 0.1) is 27.4 Å². The fraction of sp³-hybridized carbons (Fsp3) is 0.500. The van der Waals surface area contributed by atoms with Crippen LogP contribution in [0.15, 0.2) is 23.1 Å². The van der Waals surface area contributed by atoms with Crippen LogP contribution in [-0.2, 0) is 10.0 Å². The standard InChI is InChI=1S/C14H21N7O4S/c1-20(6-2-3-11-10(8-15)14(16)19-18-11)12-5-4-9(26(17,24)25)7-13(12)21(22)23/h4-5,7,10-11,14,18-19H,2-3,6,16H2,1H3,(H2,17,24,25). The Labute approximate surface area is 151 Å². The monoisotopic (exact) mass is 383 g/mol. The summed E-state index contributed by atoms with van der Waals surface area (Å²) in [5.74, 6) is -0.358. The average Bonchev–Trinajstić information content (AvgIpc) is 2.93. The molecule has 1 heterocycles. The first-order valence-corrected chi connectivity index (χ1v) is 9.38. The fourth-order valence-corrected chi connectivity index (χ4v) is 3.41. The van der Waals surface area contributed by atoms with Crippen molar-refractivity contribution in [3.05, 3.63) is 28.3 Å². The van der Waals surface area contributed by atoms with Gasteiger partial charge in [-0.05, 0) is 25.0 Å². The van der Waals surface area contributed by atoms with E-state index in [1.807, 2.05) is 0 Å². The van der Waals surface area contributed by atoms with E-state index >= 15 is 0 Å². The van der Waals surface area contributed by atoms with Crippen molar-refractivity contribution in [3.63, 3.8) is 0 Å². The molecule has 1 aromatic carbocycles. The molecule has 1 aromatic rings. The molecule has 26 heavy (non-hydrogen) atoms. The highest BCUT2D eigenvalue weighted by atomic mass is 32.2. The third-order valence-electron chi connectivity index (χ3n) is 4.30. The van der Waals surface area contributed by atoms with E-state index in [2.05, 4.69) is 16.9 Å². The molecule has 0 aromatic heterocycles. The number of benzene rings is 1. The number of nitrogens with one attached hydrogen (secondary N) is 2. The Hall–Kier alpha value is -2.30. The van der Waals surface area contributed by atoms with Gasteiger partial charge in [-0.25, -0.2) is 19.0 Å². The van der Waals surface area contributed by atoms with Crippen molar-refractivity contribution in [2.24, 2.45) is 16.8 Å². The second-order valence-electron chi connectivity index (χ2n) is 6.09. The minimum absolute atomic E-state index is 0.108. The van der Waals surface area contributed by atoms with Gasteiger partial charge in [0.1, 0.15) is 5.69 Å². The van der Waals surface area contributed by atoms with Crippen LogP contribution in [0.1, 0.15) is 12.8 Å². The molecular weight excluding hydrogens is 362 g/mol. The molecule has 1 aliphatic heterocycles. The van der Waals surface area contributed by atoms with Gasteiger partial charge in [-0.15, -0.1) is 0 Å². The molecule has 0 amide bonds. The van der Waals surface area contributed by atoms with Gasteiger partial charge in [-0.1, -0.05) is 0 Å². The van der Waals surface area contributed by atoms with Crippen LogP contribution in [0.2, 0.25) is 0 Å². The third kappa shape index (κ3) is 4.45. The summed E-state index contributed by atoms with van der Waals surface area (Å²) in [6, 6.07) is 5.60. The van der Waals surface area contributed by atoms with Crippen molar-refractivity contribution in [2.45, 2.75) is 29.9 Å². The number of primary sulfonamides is 1. The van der Waals surface area contributed by atoms with Gasteiger partial charge in [0.05, 0.1) is 28.0 Å². The maximum Gasteiger partial charge on any atom is 0.293 e. The van der Waals surface area contributed by atoms with E-state index in [4.69, 9.17) is 16.1 Å². The predicted molar refractivity (Wildman–Crippen MR) is 94.1 cm³/mol. The van der Waals surface area contributed by atoms with E-state index in [1.165, 1.54) is 12.1 Å². The number of sulfonamides is 1. The first-order valence-electron chi connectivity index (χ1n) is 7.83. The molecule has 0 radical (unpaired) electrons. The van der Waals surface area contributed by atoms with Gasteiger partial charge in [-0.2, -0.15) is 5.26 Å². The van der Waals surface area contributed by atoms with E-state index in [9.17, 15) is 18.5 Å². The van der Waals surface area contributed by atoms with Crippen molar-refractivity contribution in [2.75, 3.05) is 18.5 Å². The highest BCUT2D eigenvalue weighted by molar-refractivity contribution is 7.89. The minimum Gasteiger partial charge on any atom is -0.369 e. The van der Waals surface area contributed by atoms with Gasteiger partial charge in [0.2, 0.25) is 10.0 Å². The molecule has 11 nitrogen and oxygen atoms in total. The first-order chi connectivity index (χ1) is 12.1. The number of hydrazine groups is 1. The molecule has 1 saturated heterocycles. The highest BCUT2D eigenvalue weighted by Crippen LogP contribution is 2.30. The summed E-state index contributed by atoms with van der Waals surface area (Å²) in [5.41, 5.74) is 11.5. The van der Waals surface area contributed by atoms with Gasteiger partial charge in [0, 0.05) is 25.7 Å². The summed E-state index contributed by atoms with van der Waals surface area (Å²) in [6.07, 6.45) is 0.857. The van der Waals surface area contributed by atoms with Crippen molar-refractivity contribution in [1.29, 1.82) is 5.26 Å². The maximum absolute atomic E-state index is 11.4. The lowest BCUT2D eigenvalue weighted by atomic mass is 9.97. The minimum atomic E-state index is -4.02. The first kappa shape index (κ1) is 20.0. The molecule has 1 fully saturated rings. The number of nitriles is 1. The normalized spacial score (nSPS) is 22.8. The van der Waals surface area contributed by atoms with Crippen molar-refractivity contribution in [1.82, 2.24) is 10.9 Å². The Morgan fingerprint density at radius 2 is 2.12 bits per heavy atom. The van der Waals surface area contributed by atoms with Gasteiger partial charge < -0.3 is 10.6 Å². The van der Waals surface area contributed by atoms with Gasteiger partial charge in [0.25, 0.3) is 5.69 Å². The number of anilines is 1. The number of nitrogens with two attached hydrogens (primary N) is 2. The Balaban J connectivity index is 2.06.